The molecule has 7 heteroatoms. The van der Waals surface area contributed by atoms with Crippen LogP contribution < -0.4 is 20.5 Å². The number of nitrogens with zero attached hydrogens (tertiary/aromatic N) is 2. The molecule has 0 fully saturated rings. The van der Waals surface area contributed by atoms with E-state index >= 15 is 0 Å². The van der Waals surface area contributed by atoms with Crippen molar-refractivity contribution >= 4 is 29.1 Å². The van der Waals surface area contributed by atoms with E-state index in [9.17, 15) is 0 Å². The van der Waals surface area contributed by atoms with Crippen molar-refractivity contribution in [3.63, 3.8) is 0 Å². The third-order valence-electron chi connectivity index (χ3n) is 3.60. The number of rotatable bonds is 10. The number of benzene rings is 1. The van der Waals surface area contributed by atoms with E-state index in [2.05, 4.69) is 22.2 Å². The first-order chi connectivity index (χ1) is 11.3. The Morgan fingerprint density at radius 3 is 2.67 bits per heavy atom. The normalized spacial score (nSPS) is 10.3. The monoisotopic (exact) mass is 354 g/mol. The van der Waals surface area contributed by atoms with E-state index in [0.29, 0.717) is 24.7 Å². The lowest BCUT2D eigenvalue weighted by molar-refractivity contribution is 0.292. The molecule has 24 heavy (non-hydrogen) atoms. The van der Waals surface area contributed by atoms with Crippen molar-refractivity contribution < 1.29 is 9.47 Å². The third-order valence-corrected chi connectivity index (χ3v) is 3.60. The first kappa shape index (κ1) is 20.3. The number of aromatic nitrogens is 2. The molecular weight excluding hydrogens is 328 g/mol. The summed E-state index contributed by atoms with van der Waals surface area (Å²) in [5.74, 6) is 2.20. The zero-order valence-corrected chi connectivity index (χ0v) is 15.2. The smallest absolute Gasteiger partial charge is 0.162 e. The fourth-order valence-electron chi connectivity index (χ4n) is 2.32. The van der Waals surface area contributed by atoms with E-state index in [4.69, 9.17) is 15.2 Å². The van der Waals surface area contributed by atoms with Crippen LogP contribution in [0.25, 0.3) is 10.9 Å². The molecule has 0 saturated heterocycles. The van der Waals surface area contributed by atoms with Crippen molar-refractivity contribution in [3.05, 3.63) is 18.5 Å². The number of hydrogen-bond donors (Lipinski definition) is 2. The molecule has 0 aliphatic carbocycles. The lowest BCUT2D eigenvalue weighted by Crippen LogP contribution is -2.07. The molecule has 0 spiro atoms. The fourth-order valence-corrected chi connectivity index (χ4v) is 2.32. The van der Waals surface area contributed by atoms with E-state index in [0.717, 1.165) is 36.1 Å². The van der Waals surface area contributed by atoms with Gasteiger partial charge in [-0.25, -0.2) is 9.97 Å². The van der Waals surface area contributed by atoms with Crippen molar-refractivity contribution in [3.8, 4) is 11.5 Å². The molecule has 0 unspecified atom stereocenters. The molecule has 0 aliphatic heterocycles. The van der Waals surface area contributed by atoms with Crippen LogP contribution in [0.3, 0.4) is 0 Å². The average molecular weight is 355 g/mol. The van der Waals surface area contributed by atoms with Crippen LogP contribution in [0.5, 0.6) is 11.5 Å². The molecule has 1 heterocycles. The number of nitrogens with two attached hydrogens (primary N) is 1. The first-order valence-corrected chi connectivity index (χ1v) is 8.19. The van der Waals surface area contributed by atoms with Crippen LogP contribution in [-0.2, 0) is 0 Å². The minimum Gasteiger partial charge on any atom is -0.493 e. The summed E-state index contributed by atoms with van der Waals surface area (Å²) < 4.78 is 11.2. The highest BCUT2D eigenvalue weighted by Gasteiger charge is 2.11. The van der Waals surface area contributed by atoms with Gasteiger partial charge in [0.25, 0.3) is 0 Å². The predicted octanol–water partition coefficient (Wildman–Crippen LogP) is 3.39. The number of anilines is 1. The van der Waals surface area contributed by atoms with Gasteiger partial charge in [0.2, 0.25) is 0 Å². The molecule has 2 aromatic rings. The zero-order valence-electron chi connectivity index (χ0n) is 14.4. The molecule has 0 saturated carbocycles. The zero-order chi connectivity index (χ0) is 16.5. The van der Waals surface area contributed by atoms with Crippen molar-refractivity contribution in [1.29, 1.82) is 0 Å². The summed E-state index contributed by atoms with van der Waals surface area (Å²) >= 11 is 0. The topological polar surface area (TPSA) is 82.3 Å². The molecule has 0 radical (unpaired) electrons. The van der Waals surface area contributed by atoms with Crippen LogP contribution in [0.4, 0.5) is 5.82 Å². The summed E-state index contributed by atoms with van der Waals surface area (Å²) in [6.07, 6.45) is 5.89. The lowest BCUT2D eigenvalue weighted by atomic mass is 10.2. The number of nitrogens with one attached hydrogen (secondary N) is 1. The maximum Gasteiger partial charge on any atom is 0.162 e. The van der Waals surface area contributed by atoms with E-state index < -0.39 is 0 Å². The van der Waals surface area contributed by atoms with Gasteiger partial charge in [0, 0.05) is 18.0 Å². The van der Waals surface area contributed by atoms with Crippen LogP contribution in [0.1, 0.15) is 32.6 Å². The Morgan fingerprint density at radius 2 is 1.96 bits per heavy atom. The molecule has 134 valence electrons. The van der Waals surface area contributed by atoms with Gasteiger partial charge in [-0.2, -0.15) is 0 Å². The van der Waals surface area contributed by atoms with E-state index in [1.165, 1.54) is 12.8 Å². The highest BCUT2D eigenvalue weighted by molar-refractivity contribution is 5.91. The molecule has 3 N–H and O–H groups in total. The van der Waals surface area contributed by atoms with Crippen molar-refractivity contribution in [2.45, 2.75) is 32.6 Å². The Morgan fingerprint density at radius 1 is 1.12 bits per heavy atom. The van der Waals surface area contributed by atoms with Crippen molar-refractivity contribution in [2.75, 3.05) is 32.1 Å². The van der Waals surface area contributed by atoms with Gasteiger partial charge in [0.1, 0.15) is 12.1 Å². The molecular formula is C17H27ClN4O2. The Bertz CT molecular complexity index is 625. The minimum atomic E-state index is 0. The van der Waals surface area contributed by atoms with Crippen LogP contribution in [-0.4, -0.2) is 36.8 Å². The molecule has 1 aromatic heterocycles. The second-order valence-electron chi connectivity index (χ2n) is 5.37. The fraction of sp³-hybridized carbons (Fsp3) is 0.529. The molecule has 2 rings (SSSR count). The highest BCUT2D eigenvalue weighted by atomic mass is 35.5. The summed E-state index contributed by atoms with van der Waals surface area (Å²) in [4.78, 5) is 8.68. The maximum atomic E-state index is 5.79. The first-order valence-electron chi connectivity index (χ1n) is 8.19. The highest BCUT2D eigenvalue weighted by Crippen LogP contribution is 2.33. The van der Waals surface area contributed by atoms with Gasteiger partial charge >= 0.3 is 0 Å². The Balaban J connectivity index is 0.00000288. The molecule has 0 atom stereocenters. The van der Waals surface area contributed by atoms with Crippen molar-refractivity contribution in [2.24, 2.45) is 5.73 Å². The molecule has 6 nitrogen and oxygen atoms in total. The quantitative estimate of drug-likeness (QED) is 0.636. The van der Waals surface area contributed by atoms with E-state index in [-0.39, 0.29) is 12.4 Å². The van der Waals surface area contributed by atoms with Gasteiger partial charge in [0.05, 0.1) is 19.2 Å². The van der Waals surface area contributed by atoms with E-state index in [1.54, 1.807) is 13.4 Å². The Hall–Kier alpha value is -1.79. The van der Waals surface area contributed by atoms with Crippen molar-refractivity contribution in [1.82, 2.24) is 9.97 Å². The number of unbranched alkanes of at least 4 members (excludes halogenated alkanes) is 2. The second kappa shape index (κ2) is 10.9. The summed E-state index contributed by atoms with van der Waals surface area (Å²) in [5, 5.41) is 4.32. The Labute approximate surface area is 149 Å². The number of halogens is 1. The summed E-state index contributed by atoms with van der Waals surface area (Å²) in [5.41, 5.74) is 6.35. The third kappa shape index (κ3) is 5.39. The molecule has 0 aliphatic rings. The Kier molecular flexibility index (Phi) is 9.19. The van der Waals surface area contributed by atoms with Crippen LogP contribution in [0, 0.1) is 0 Å². The van der Waals surface area contributed by atoms with E-state index in [1.807, 2.05) is 12.1 Å². The summed E-state index contributed by atoms with van der Waals surface area (Å²) in [7, 11) is 1.63. The predicted molar refractivity (Wildman–Crippen MR) is 101 cm³/mol. The SMILES string of the molecule is CCCCCNc1ncnc2cc(OC)c(OCCCN)cc12.Cl. The average Bonchev–Trinajstić information content (AvgIpc) is 2.58. The lowest BCUT2D eigenvalue weighted by Gasteiger charge is -2.13. The largest absolute Gasteiger partial charge is 0.493 e. The van der Waals surface area contributed by atoms with Gasteiger partial charge < -0.3 is 20.5 Å². The summed E-state index contributed by atoms with van der Waals surface area (Å²) in [6.45, 7) is 4.25. The van der Waals surface area contributed by atoms with Gasteiger partial charge in [0.15, 0.2) is 11.5 Å². The second-order valence-corrected chi connectivity index (χ2v) is 5.37. The van der Waals surface area contributed by atoms with Gasteiger partial charge in [-0.15, -0.1) is 12.4 Å². The standard InChI is InChI=1S/C17H26N4O2.ClH/c1-3-4-5-8-19-17-13-10-16(23-9-6-7-18)15(22-2)11-14(13)20-12-21-17;/h10-12H,3-9,18H2,1-2H3,(H,19,20,21);1H. The minimum absolute atomic E-state index is 0. The van der Waals surface area contributed by atoms with Gasteiger partial charge in [-0.1, -0.05) is 19.8 Å². The van der Waals surface area contributed by atoms with Gasteiger partial charge in [-0.3, -0.25) is 0 Å². The van der Waals surface area contributed by atoms with Crippen LogP contribution in [0.2, 0.25) is 0 Å². The number of methoxy groups -OCH3 is 1. The van der Waals surface area contributed by atoms with Crippen LogP contribution in [0.15, 0.2) is 18.5 Å². The molecule has 0 amide bonds. The molecule has 1 aromatic carbocycles. The molecule has 0 bridgehead atoms. The number of fused-ring (bicyclic) bond motifs is 1. The number of hydrogen-bond acceptors (Lipinski definition) is 6. The number of ether oxygens (including phenoxy) is 2. The van der Waals surface area contributed by atoms with Gasteiger partial charge in [-0.05, 0) is 25.5 Å². The van der Waals surface area contributed by atoms with Crippen LogP contribution >= 0.6 is 12.4 Å². The maximum absolute atomic E-state index is 5.79. The summed E-state index contributed by atoms with van der Waals surface area (Å²) in [6, 6.07) is 3.82.